The maximum absolute atomic E-state index is 14.0. The van der Waals surface area contributed by atoms with Crippen LogP contribution in [-0.4, -0.2) is 0 Å². The van der Waals surface area contributed by atoms with E-state index in [1.165, 1.54) is 42.0 Å². The third-order valence-electron chi connectivity index (χ3n) is 5.91. The van der Waals surface area contributed by atoms with Gasteiger partial charge in [0.05, 0.1) is 5.56 Å². The van der Waals surface area contributed by atoms with E-state index >= 15 is 0 Å². The lowest BCUT2D eigenvalue weighted by Gasteiger charge is -2.22. The van der Waals surface area contributed by atoms with Crippen molar-refractivity contribution < 1.29 is 17.6 Å². The van der Waals surface area contributed by atoms with Crippen LogP contribution in [-0.2, 0) is 25.4 Å². The summed E-state index contributed by atoms with van der Waals surface area (Å²) in [6.07, 6.45) is 1.89. The molecule has 0 unspecified atom stereocenters. The quantitative estimate of drug-likeness (QED) is 0.294. The van der Waals surface area contributed by atoms with E-state index in [9.17, 15) is 17.6 Å². The number of unbranched alkanes of at least 4 members (excludes halogenated alkanes) is 2. The molecule has 156 valence electrons. The van der Waals surface area contributed by atoms with E-state index in [4.69, 9.17) is 0 Å². The van der Waals surface area contributed by atoms with Crippen LogP contribution in [0, 0.1) is 5.82 Å². The number of alkyl halides is 3. The summed E-state index contributed by atoms with van der Waals surface area (Å²) >= 11 is 0. The first-order valence-electron chi connectivity index (χ1n) is 10.5. The Morgan fingerprint density at radius 1 is 0.767 bits per heavy atom. The zero-order valence-corrected chi connectivity index (χ0v) is 17.0. The summed E-state index contributed by atoms with van der Waals surface area (Å²) in [5, 5.41) is 0. The molecule has 0 heterocycles. The monoisotopic (exact) mass is 412 g/mol. The molecule has 0 fully saturated rings. The van der Waals surface area contributed by atoms with Gasteiger partial charge in [-0.25, -0.2) is 4.39 Å². The second-order valence-corrected chi connectivity index (χ2v) is 8.01. The molecule has 1 aliphatic rings. The van der Waals surface area contributed by atoms with Gasteiger partial charge in [-0.05, 0) is 76.8 Å². The third-order valence-corrected chi connectivity index (χ3v) is 5.91. The predicted octanol–water partition coefficient (Wildman–Crippen LogP) is 8.01. The van der Waals surface area contributed by atoms with Gasteiger partial charge < -0.3 is 0 Å². The summed E-state index contributed by atoms with van der Waals surface area (Å²) in [5.41, 5.74) is 6.23. The van der Waals surface area contributed by atoms with Crippen LogP contribution in [0.25, 0.3) is 22.3 Å². The zero-order chi connectivity index (χ0) is 21.3. The molecule has 0 atom stereocenters. The topological polar surface area (TPSA) is 0 Å². The molecular formula is C26H24F4. The standard InChI is InChI=1S/C26H24F4/c1-2-3-4-5-17-6-11-22-20(14-17)7-8-21-15-18(9-12-23(21)22)19-10-13-24(25(27)16-19)26(28,29)30/h6,9-16H,2-5,7-8H2,1H3. The van der Waals surface area contributed by atoms with Crippen LogP contribution in [0.15, 0.2) is 54.6 Å². The molecule has 3 aromatic carbocycles. The van der Waals surface area contributed by atoms with Crippen molar-refractivity contribution in [1.82, 2.24) is 0 Å². The van der Waals surface area contributed by atoms with Crippen LogP contribution < -0.4 is 0 Å². The normalized spacial score (nSPS) is 13.1. The molecule has 30 heavy (non-hydrogen) atoms. The fourth-order valence-corrected chi connectivity index (χ4v) is 4.29. The zero-order valence-electron chi connectivity index (χ0n) is 17.0. The Hall–Kier alpha value is -2.62. The first-order chi connectivity index (χ1) is 14.4. The minimum atomic E-state index is -4.68. The van der Waals surface area contributed by atoms with Crippen LogP contribution in [0.2, 0.25) is 0 Å². The minimum absolute atomic E-state index is 0.459. The Bertz CT molecular complexity index is 1060. The Labute approximate surface area is 174 Å². The Balaban J connectivity index is 1.62. The van der Waals surface area contributed by atoms with Gasteiger partial charge in [0.2, 0.25) is 0 Å². The number of benzene rings is 3. The summed E-state index contributed by atoms with van der Waals surface area (Å²) in [7, 11) is 0. The molecule has 0 amide bonds. The van der Waals surface area contributed by atoms with E-state index in [1.807, 2.05) is 18.2 Å². The molecule has 4 rings (SSSR count). The molecule has 0 aliphatic heterocycles. The number of aryl methyl sites for hydroxylation is 3. The SMILES string of the molecule is CCCCCc1ccc2c(c1)CCc1cc(-c3ccc(C(F)(F)F)c(F)c3)ccc1-2. The third kappa shape index (κ3) is 4.14. The summed E-state index contributed by atoms with van der Waals surface area (Å²) in [4.78, 5) is 0. The van der Waals surface area contributed by atoms with Gasteiger partial charge in [-0.1, -0.05) is 62.2 Å². The van der Waals surface area contributed by atoms with Crippen molar-refractivity contribution in [3.05, 3.63) is 82.7 Å². The van der Waals surface area contributed by atoms with Crippen LogP contribution >= 0.6 is 0 Å². The van der Waals surface area contributed by atoms with Gasteiger partial charge in [0.15, 0.2) is 0 Å². The van der Waals surface area contributed by atoms with E-state index < -0.39 is 17.6 Å². The van der Waals surface area contributed by atoms with E-state index in [2.05, 4.69) is 25.1 Å². The molecule has 0 saturated carbocycles. The van der Waals surface area contributed by atoms with Crippen molar-refractivity contribution in [1.29, 1.82) is 0 Å². The van der Waals surface area contributed by atoms with Crippen molar-refractivity contribution in [2.45, 2.75) is 51.6 Å². The van der Waals surface area contributed by atoms with Gasteiger partial charge in [0, 0.05) is 0 Å². The second-order valence-electron chi connectivity index (χ2n) is 8.01. The summed E-state index contributed by atoms with van der Waals surface area (Å²) < 4.78 is 52.5. The molecule has 0 bridgehead atoms. The fraction of sp³-hybridized carbons (Fsp3) is 0.308. The smallest absolute Gasteiger partial charge is 0.206 e. The predicted molar refractivity (Wildman–Crippen MR) is 113 cm³/mol. The summed E-state index contributed by atoms with van der Waals surface area (Å²) in [5.74, 6) is -1.24. The number of hydrogen-bond acceptors (Lipinski definition) is 0. The Morgan fingerprint density at radius 3 is 2.07 bits per heavy atom. The molecule has 0 nitrogen and oxygen atoms in total. The maximum Gasteiger partial charge on any atom is 0.419 e. The lowest BCUT2D eigenvalue weighted by Crippen LogP contribution is -2.08. The van der Waals surface area contributed by atoms with Crippen molar-refractivity contribution in [2.24, 2.45) is 0 Å². The van der Waals surface area contributed by atoms with Gasteiger partial charge in [-0.2, -0.15) is 13.2 Å². The molecule has 0 aromatic heterocycles. The minimum Gasteiger partial charge on any atom is -0.206 e. The van der Waals surface area contributed by atoms with Crippen molar-refractivity contribution >= 4 is 0 Å². The van der Waals surface area contributed by atoms with Crippen molar-refractivity contribution in [2.75, 3.05) is 0 Å². The average Bonchev–Trinajstić information content (AvgIpc) is 2.72. The number of rotatable bonds is 5. The molecule has 1 aliphatic carbocycles. The van der Waals surface area contributed by atoms with E-state index in [1.54, 1.807) is 0 Å². The highest BCUT2D eigenvalue weighted by molar-refractivity contribution is 5.77. The van der Waals surface area contributed by atoms with Crippen LogP contribution in [0.4, 0.5) is 17.6 Å². The van der Waals surface area contributed by atoms with Crippen molar-refractivity contribution in [3.63, 3.8) is 0 Å². The van der Waals surface area contributed by atoms with Crippen LogP contribution in [0.3, 0.4) is 0 Å². The Kier molecular flexibility index (Phi) is 5.68. The van der Waals surface area contributed by atoms with Crippen LogP contribution in [0.5, 0.6) is 0 Å². The fourth-order valence-electron chi connectivity index (χ4n) is 4.29. The highest BCUT2D eigenvalue weighted by Crippen LogP contribution is 2.38. The molecule has 4 heteroatoms. The largest absolute Gasteiger partial charge is 0.419 e. The molecular weight excluding hydrogens is 388 g/mol. The molecule has 0 spiro atoms. The maximum atomic E-state index is 14.0. The summed E-state index contributed by atoms with van der Waals surface area (Å²) in [6, 6.07) is 15.7. The molecule has 0 saturated heterocycles. The summed E-state index contributed by atoms with van der Waals surface area (Å²) in [6.45, 7) is 2.21. The van der Waals surface area contributed by atoms with Gasteiger partial charge in [-0.3, -0.25) is 0 Å². The first-order valence-corrected chi connectivity index (χ1v) is 10.5. The highest BCUT2D eigenvalue weighted by Gasteiger charge is 2.34. The van der Waals surface area contributed by atoms with Gasteiger partial charge >= 0.3 is 6.18 Å². The molecule has 3 aromatic rings. The van der Waals surface area contributed by atoms with E-state index in [0.717, 1.165) is 48.1 Å². The number of hydrogen-bond donors (Lipinski definition) is 0. The number of fused-ring (bicyclic) bond motifs is 3. The number of halogens is 4. The lowest BCUT2D eigenvalue weighted by atomic mass is 9.83. The van der Waals surface area contributed by atoms with Gasteiger partial charge in [0.1, 0.15) is 5.82 Å². The van der Waals surface area contributed by atoms with E-state index in [-0.39, 0.29) is 0 Å². The van der Waals surface area contributed by atoms with Crippen LogP contribution in [0.1, 0.15) is 48.4 Å². The molecule has 0 radical (unpaired) electrons. The Morgan fingerprint density at radius 2 is 1.40 bits per heavy atom. The highest BCUT2D eigenvalue weighted by atomic mass is 19.4. The second kappa shape index (κ2) is 8.25. The van der Waals surface area contributed by atoms with Crippen molar-refractivity contribution in [3.8, 4) is 22.3 Å². The lowest BCUT2D eigenvalue weighted by molar-refractivity contribution is -0.139. The average molecular weight is 412 g/mol. The van der Waals surface area contributed by atoms with Gasteiger partial charge in [0.25, 0.3) is 0 Å². The van der Waals surface area contributed by atoms with Gasteiger partial charge in [-0.15, -0.1) is 0 Å². The first kappa shape index (κ1) is 20.6. The molecule has 0 N–H and O–H groups in total. The van der Waals surface area contributed by atoms with E-state index in [0.29, 0.717) is 5.56 Å².